The maximum absolute atomic E-state index is 12.1. The first-order valence-corrected chi connectivity index (χ1v) is 3.96. The van der Waals surface area contributed by atoms with E-state index in [-0.39, 0.29) is 11.1 Å². The third-order valence-corrected chi connectivity index (χ3v) is 1.67. The molecule has 78 valence electrons. The molecule has 0 fully saturated rings. The van der Waals surface area contributed by atoms with Gasteiger partial charge in [-0.25, -0.2) is 8.78 Å². The van der Waals surface area contributed by atoms with Crippen LogP contribution >= 0.6 is 0 Å². The lowest BCUT2D eigenvalue weighted by Gasteiger charge is -2.13. The molecule has 0 atom stereocenters. The predicted molar refractivity (Wildman–Crippen MR) is 44.2 cm³/mol. The van der Waals surface area contributed by atoms with E-state index >= 15 is 0 Å². The van der Waals surface area contributed by atoms with E-state index in [1.54, 1.807) is 0 Å². The van der Waals surface area contributed by atoms with Crippen molar-refractivity contribution in [3.63, 3.8) is 0 Å². The van der Waals surface area contributed by atoms with Gasteiger partial charge in [0, 0.05) is 5.56 Å². The van der Waals surface area contributed by atoms with Crippen molar-refractivity contribution in [1.82, 2.24) is 0 Å². The van der Waals surface area contributed by atoms with Crippen molar-refractivity contribution in [1.29, 1.82) is 0 Å². The molecular weight excluding hydrogens is 202 g/mol. The molecule has 0 aliphatic heterocycles. The van der Waals surface area contributed by atoms with Gasteiger partial charge < -0.3 is 12.9 Å². The summed E-state index contributed by atoms with van der Waals surface area (Å²) in [7, 11) is 0. The van der Waals surface area contributed by atoms with Gasteiger partial charge in [-0.05, 0) is 0 Å². The molecule has 0 unspecified atom stereocenters. The lowest BCUT2D eigenvalue weighted by molar-refractivity contribution is 0.151. The Morgan fingerprint density at radius 1 is 1.14 bits per heavy atom. The van der Waals surface area contributed by atoms with Crippen molar-refractivity contribution in [2.75, 3.05) is 0 Å². The topological polar surface area (TPSA) is 0 Å². The van der Waals surface area contributed by atoms with Gasteiger partial charge in [-0.1, -0.05) is 36.1 Å². The number of halogens is 5. The average Bonchev–Trinajstić information content (AvgIpc) is 2.01. The summed E-state index contributed by atoms with van der Waals surface area (Å²) in [6, 6.07) is 4.40. The molecule has 0 aliphatic carbocycles. The van der Waals surface area contributed by atoms with Crippen molar-refractivity contribution in [3.8, 4) is 0 Å². The minimum Gasteiger partial charge on any atom is -0.449 e. The van der Waals surface area contributed by atoms with Crippen molar-refractivity contribution >= 4 is 6.98 Å². The van der Waals surface area contributed by atoms with Crippen LogP contribution in [0.2, 0.25) is 0 Å². The summed E-state index contributed by atoms with van der Waals surface area (Å²) in [5.41, 5.74) is -0.488. The molecule has 0 spiro atoms. The highest BCUT2D eigenvalue weighted by Crippen LogP contribution is 2.22. The average molecular weight is 209 g/mol. The van der Waals surface area contributed by atoms with Crippen LogP contribution in [0.25, 0.3) is 0 Å². The van der Waals surface area contributed by atoms with E-state index in [9.17, 15) is 21.7 Å². The van der Waals surface area contributed by atoms with E-state index in [2.05, 4.69) is 0 Å². The molecule has 6 heteroatoms. The summed E-state index contributed by atoms with van der Waals surface area (Å²) in [6.07, 6.45) is -3.84. The van der Waals surface area contributed by atoms with Gasteiger partial charge in [-0.3, -0.25) is 0 Å². The van der Waals surface area contributed by atoms with Gasteiger partial charge in [0.2, 0.25) is 0 Å². The Balaban J connectivity index is 2.84. The van der Waals surface area contributed by atoms with E-state index in [1.807, 2.05) is 0 Å². The molecule has 0 saturated heterocycles. The molecule has 0 saturated carbocycles. The van der Waals surface area contributed by atoms with Crippen molar-refractivity contribution in [2.24, 2.45) is 0 Å². The first-order chi connectivity index (χ1) is 6.38. The van der Waals surface area contributed by atoms with Crippen LogP contribution in [-0.4, -0.2) is 6.98 Å². The zero-order valence-corrected chi connectivity index (χ0v) is 7.06. The zero-order chi connectivity index (χ0) is 10.8. The van der Waals surface area contributed by atoms with Crippen LogP contribution in [0.3, 0.4) is 0 Å². The van der Waals surface area contributed by atoms with E-state index < -0.39 is 19.7 Å². The molecule has 0 N–H and O–H groups in total. The third-order valence-electron chi connectivity index (χ3n) is 1.67. The van der Waals surface area contributed by atoms with Crippen LogP contribution in [0, 0.1) is 0 Å². The van der Waals surface area contributed by atoms with Gasteiger partial charge in [0.1, 0.15) is 0 Å². The molecule has 0 amide bonds. The smallest absolute Gasteiger partial charge is 0.449 e. The van der Waals surface area contributed by atoms with Gasteiger partial charge in [0.05, 0.1) is 0 Å². The zero-order valence-electron chi connectivity index (χ0n) is 7.06. The molecule has 1 aromatic carbocycles. The summed E-state index contributed by atoms with van der Waals surface area (Å²) in [5, 5.41) is 0. The van der Waals surface area contributed by atoms with Gasteiger partial charge in [-0.15, -0.1) is 0 Å². The third kappa shape index (κ3) is 3.36. The second-order valence-electron chi connectivity index (χ2n) is 2.96. The van der Waals surface area contributed by atoms with E-state index in [1.165, 1.54) is 12.1 Å². The van der Waals surface area contributed by atoms with Crippen LogP contribution in [0.15, 0.2) is 24.3 Å². The van der Waals surface area contributed by atoms with Crippen LogP contribution in [-0.2, 0) is 6.32 Å². The molecule has 0 bridgehead atoms. The molecule has 0 aliphatic rings. The normalized spacial score (nSPS) is 12.1. The van der Waals surface area contributed by atoms with E-state index in [0.717, 1.165) is 12.1 Å². The standard InChI is InChI=1S/C8H7BF5/c10-8(11)7-3-1-2-6(4-7)5-9(12,13)14/h1-4,8H,5H2/q-1. The predicted octanol–water partition coefficient (Wildman–Crippen LogP) is 3.55. The largest absolute Gasteiger partial charge is 0.482 e. The number of hydrogen-bond acceptors (Lipinski definition) is 0. The lowest BCUT2D eigenvalue weighted by atomic mass is 9.81. The number of benzene rings is 1. The molecule has 1 aromatic rings. The Hall–Kier alpha value is -1.07. The van der Waals surface area contributed by atoms with Crippen molar-refractivity contribution in [3.05, 3.63) is 35.4 Å². The molecule has 0 aromatic heterocycles. The molecule has 0 nitrogen and oxygen atoms in total. The molecule has 14 heavy (non-hydrogen) atoms. The number of hydrogen-bond donors (Lipinski definition) is 0. The number of rotatable bonds is 3. The first kappa shape index (κ1) is 11.0. The summed E-state index contributed by atoms with van der Waals surface area (Å²) in [6.45, 7) is -4.96. The molecule has 0 heterocycles. The monoisotopic (exact) mass is 209 g/mol. The minimum absolute atomic E-state index is 0.115. The van der Waals surface area contributed by atoms with Crippen LogP contribution in [0.4, 0.5) is 21.7 Å². The van der Waals surface area contributed by atoms with Gasteiger partial charge in [-0.2, -0.15) is 0 Å². The summed E-state index contributed by atoms with van der Waals surface area (Å²) >= 11 is 0. The fourth-order valence-electron chi connectivity index (χ4n) is 1.12. The number of alkyl halides is 2. The lowest BCUT2D eigenvalue weighted by Crippen LogP contribution is -2.19. The quantitative estimate of drug-likeness (QED) is 0.527. The van der Waals surface area contributed by atoms with Crippen molar-refractivity contribution in [2.45, 2.75) is 12.7 Å². The van der Waals surface area contributed by atoms with E-state index in [0.29, 0.717) is 0 Å². The van der Waals surface area contributed by atoms with Gasteiger partial charge in [0.25, 0.3) is 6.43 Å². The van der Waals surface area contributed by atoms with Crippen LogP contribution < -0.4 is 0 Å². The molecule has 0 radical (unpaired) electrons. The molecule has 1 rings (SSSR count). The maximum atomic E-state index is 12.1. The summed E-state index contributed by atoms with van der Waals surface area (Å²) < 4.78 is 60.1. The van der Waals surface area contributed by atoms with E-state index in [4.69, 9.17) is 0 Å². The van der Waals surface area contributed by atoms with Gasteiger partial charge >= 0.3 is 6.98 Å². The Bertz CT molecular complexity index is 307. The summed E-state index contributed by atoms with van der Waals surface area (Å²) in [4.78, 5) is 0. The first-order valence-electron chi connectivity index (χ1n) is 3.96. The van der Waals surface area contributed by atoms with Crippen LogP contribution in [0.5, 0.6) is 0 Å². The van der Waals surface area contributed by atoms with Crippen LogP contribution in [0.1, 0.15) is 17.6 Å². The fourth-order valence-corrected chi connectivity index (χ4v) is 1.12. The fraction of sp³-hybridized carbons (Fsp3) is 0.250. The molecular formula is C8H7BF5-. The highest BCUT2D eigenvalue weighted by molar-refractivity contribution is 6.57. The summed E-state index contributed by atoms with van der Waals surface area (Å²) in [5.74, 6) is 0. The second kappa shape index (κ2) is 3.98. The highest BCUT2D eigenvalue weighted by atomic mass is 19.4. The highest BCUT2D eigenvalue weighted by Gasteiger charge is 2.23. The Morgan fingerprint density at radius 3 is 2.29 bits per heavy atom. The Kier molecular flexibility index (Phi) is 3.13. The SMILES string of the molecule is FC(F)c1cccc(C[B-](F)(F)F)c1. The minimum atomic E-state index is -4.96. The maximum Gasteiger partial charge on any atom is 0.482 e. The van der Waals surface area contributed by atoms with Crippen molar-refractivity contribution < 1.29 is 21.7 Å². The van der Waals surface area contributed by atoms with Gasteiger partial charge in [0.15, 0.2) is 0 Å². The Labute approximate surface area is 77.8 Å². The second-order valence-corrected chi connectivity index (χ2v) is 2.96. The Morgan fingerprint density at radius 2 is 1.79 bits per heavy atom.